The molecule has 0 amide bonds. The molecule has 0 spiro atoms. The number of ether oxygens (including phenoxy) is 3. The van der Waals surface area contributed by atoms with Gasteiger partial charge in [0.1, 0.15) is 0 Å². The van der Waals surface area contributed by atoms with E-state index in [1.807, 2.05) is 43.3 Å². The first-order valence-corrected chi connectivity index (χ1v) is 9.55. The number of nitrogens with zero attached hydrogens (tertiary/aromatic N) is 1. The quantitative estimate of drug-likeness (QED) is 0.286. The van der Waals surface area contributed by atoms with Crippen molar-refractivity contribution in [2.45, 2.75) is 19.9 Å². The van der Waals surface area contributed by atoms with E-state index < -0.39 is 0 Å². The zero-order valence-electron chi connectivity index (χ0n) is 17.3. The summed E-state index contributed by atoms with van der Waals surface area (Å²) in [5, 5.41) is 7.33. The van der Waals surface area contributed by atoms with Gasteiger partial charge in [0.25, 0.3) is 0 Å². The minimum Gasteiger partial charge on any atom is -0.493 e. The predicted octanol–water partition coefficient (Wildman–Crippen LogP) is 4.28. The standard InChI is InChI=1S/C21H28ClN3O3.HI/c1-5-23-21(25-14-15-6-9-17(22)10-7-15)24-13-12-16-8-11-18(26-2)20(28-4)19(16)27-3;/h6-11H,5,12-14H2,1-4H3,(H2,23,24,25);1H. The molecule has 0 atom stereocenters. The number of methoxy groups -OCH3 is 3. The highest BCUT2D eigenvalue weighted by atomic mass is 127. The van der Waals surface area contributed by atoms with Crippen molar-refractivity contribution in [2.24, 2.45) is 4.99 Å². The van der Waals surface area contributed by atoms with Crippen molar-refractivity contribution in [3.05, 3.63) is 52.5 Å². The molecule has 0 bridgehead atoms. The maximum absolute atomic E-state index is 5.93. The SMILES string of the molecule is CCNC(=NCc1ccc(Cl)cc1)NCCc1ccc(OC)c(OC)c1OC.I. The van der Waals surface area contributed by atoms with Gasteiger partial charge in [-0.2, -0.15) is 0 Å². The third-order valence-corrected chi connectivity index (χ3v) is 4.40. The Morgan fingerprint density at radius 1 is 0.931 bits per heavy atom. The molecule has 0 aliphatic carbocycles. The molecule has 0 unspecified atom stereocenters. The lowest BCUT2D eigenvalue weighted by atomic mass is 10.1. The fourth-order valence-corrected chi connectivity index (χ4v) is 2.90. The lowest BCUT2D eigenvalue weighted by Crippen LogP contribution is -2.38. The number of rotatable bonds is 9. The van der Waals surface area contributed by atoms with Crippen molar-refractivity contribution < 1.29 is 14.2 Å². The van der Waals surface area contributed by atoms with Crippen molar-refractivity contribution in [3.63, 3.8) is 0 Å². The Morgan fingerprint density at radius 2 is 1.62 bits per heavy atom. The minimum atomic E-state index is 0. The highest BCUT2D eigenvalue weighted by Gasteiger charge is 2.15. The van der Waals surface area contributed by atoms with Crippen molar-refractivity contribution >= 4 is 41.5 Å². The number of halogens is 2. The summed E-state index contributed by atoms with van der Waals surface area (Å²) in [6.45, 7) is 4.09. The Hall–Kier alpha value is -1.87. The third kappa shape index (κ3) is 7.47. The topological polar surface area (TPSA) is 64.1 Å². The van der Waals surface area contributed by atoms with Crippen LogP contribution in [-0.4, -0.2) is 40.4 Å². The molecule has 0 aliphatic rings. The molecule has 0 radical (unpaired) electrons. The molecule has 0 saturated carbocycles. The lowest BCUT2D eigenvalue weighted by molar-refractivity contribution is 0.322. The van der Waals surface area contributed by atoms with Gasteiger partial charge >= 0.3 is 0 Å². The molecule has 0 aliphatic heterocycles. The van der Waals surface area contributed by atoms with Crippen LogP contribution in [0.15, 0.2) is 41.4 Å². The molecule has 2 rings (SSSR count). The maximum atomic E-state index is 5.93. The fraction of sp³-hybridized carbons (Fsp3) is 0.381. The molecule has 6 nitrogen and oxygen atoms in total. The van der Waals surface area contributed by atoms with E-state index in [0.29, 0.717) is 30.3 Å². The first-order valence-electron chi connectivity index (χ1n) is 9.17. The smallest absolute Gasteiger partial charge is 0.203 e. The molecule has 2 aromatic carbocycles. The van der Waals surface area contributed by atoms with Gasteiger partial charge in [-0.15, -0.1) is 24.0 Å². The Bertz CT molecular complexity index is 785. The van der Waals surface area contributed by atoms with Crippen LogP contribution in [0.4, 0.5) is 0 Å². The largest absolute Gasteiger partial charge is 0.493 e. The molecule has 0 aromatic heterocycles. The number of benzene rings is 2. The van der Waals surface area contributed by atoms with Crippen molar-refractivity contribution in [2.75, 3.05) is 34.4 Å². The van der Waals surface area contributed by atoms with Crippen LogP contribution < -0.4 is 24.8 Å². The fourth-order valence-electron chi connectivity index (χ4n) is 2.78. The molecule has 0 heterocycles. The van der Waals surface area contributed by atoms with E-state index in [2.05, 4.69) is 15.6 Å². The Labute approximate surface area is 195 Å². The van der Waals surface area contributed by atoms with Crippen LogP contribution in [0.1, 0.15) is 18.1 Å². The van der Waals surface area contributed by atoms with E-state index in [1.54, 1.807) is 21.3 Å². The minimum absolute atomic E-state index is 0. The van der Waals surface area contributed by atoms with E-state index >= 15 is 0 Å². The highest BCUT2D eigenvalue weighted by Crippen LogP contribution is 2.39. The van der Waals surface area contributed by atoms with E-state index in [1.165, 1.54) is 0 Å². The lowest BCUT2D eigenvalue weighted by Gasteiger charge is -2.16. The summed E-state index contributed by atoms with van der Waals surface area (Å²) >= 11 is 5.93. The molecule has 8 heteroatoms. The molecule has 2 N–H and O–H groups in total. The summed E-state index contributed by atoms with van der Waals surface area (Å²) in [7, 11) is 4.85. The summed E-state index contributed by atoms with van der Waals surface area (Å²) in [5.41, 5.74) is 2.13. The van der Waals surface area contributed by atoms with Crippen molar-refractivity contribution in [1.82, 2.24) is 10.6 Å². The Morgan fingerprint density at radius 3 is 2.21 bits per heavy atom. The Balaban J connectivity index is 0.00000420. The van der Waals surface area contributed by atoms with Crippen LogP contribution in [0.5, 0.6) is 17.2 Å². The summed E-state index contributed by atoms with van der Waals surface area (Å²) < 4.78 is 16.3. The predicted molar refractivity (Wildman–Crippen MR) is 129 cm³/mol. The summed E-state index contributed by atoms with van der Waals surface area (Å²) in [4.78, 5) is 4.62. The summed E-state index contributed by atoms with van der Waals surface area (Å²) in [5.74, 6) is 2.70. The second-order valence-corrected chi connectivity index (χ2v) is 6.43. The first kappa shape index (κ1) is 25.2. The van der Waals surface area contributed by atoms with Crippen LogP contribution in [0.25, 0.3) is 0 Å². The molecule has 29 heavy (non-hydrogen) atoms. The summed E-state index contributed by atoms with van der Waals surface area (Å²) in [6, 6.07) is 11.6. The molecular formula is C21H29ClIN3O3. The molecule has 160 valence electrons. The van der Waals surface area contributed by atoms with Gasteiger partial charge in [-0.05, 0) is 37.1 Å². The highest BCUT2D eigenvalue weighted by molar-refractivity contribution is 14.0. The van der Waals surface area contributed by atoms with Gasteiger partial charge in [-0.1, -0.05) is 29.8 Å². The van der Waals surface area contributed by atoms with Crippen molar-refractivity contribution in [3.8, 4) is 17.2 Å². The first-order chi connectivity index (χ1) is 13.6. The third-order valence-electron chi connectivity index (χ3n) is 4.15. The molecule has 0 fully saturated rings. The Kier molecular flexibility index (Phi) is 11.6. The van der Waals surface area contributed by atoms with Crippen LogP contribution in [-0.2, 0) is 13.0 Å². The van der Waals surface area contributed by atoms with Crippen LogP contribution in [0.2, 0.25) is 5.02 Å². The average Bonchev–Trinajstić information content (AvgIpc) is 2.72. The van der Waals surface area contributed by atoms with Crippen LogP contribution >= 0.6 is 35.6 Å². The zero-order valence-corrected chi connectivity index (χ0v) is 20.3. The number of hydrogen-bond donors (Lipinski definition) is 2. The van der Waals surface area contributed by atoms with Crippen LogP contribution in [0, 0.1) is 0 Å². The number of nitrogens with one attached hydrogen (secondary N) is 2. The molecular weight excluding hydrogens is 505 g/mol. The number of aliphatic imine (C=N–C) groups is 1. The molecule has 0 saturated heterocycles. The van der Waals surface area contributed by atoms with E-state index in [4.69, 9.17) is 25.8 Å². The second kappa shape index (κ2) is 13.4. The average molecular weight is 534 g/mol. The van der Waals surface area contributed by atoms with Gasteiger partial charge in [0.05, 0.1) is 27.9 Å². The van der Waals surface area contributed by atoms with Gasteiger partial charge in [0, 0.05) is 23.7 Å². The number of guanidine groups is 1. The zero-order chi connectivity index (χ0) is 20.4. The summed E-state index contributed by atoms with van der Waals surface area (Å²) in [6.07, 6.45) is 0.745. The maximum Gasteiger partial charge on any atom is 0.203 e. The van der Waals surface area contributed by atoms with Crippen LogP contribution in [0.3, 0.4) is 0 Å². The van der Waals surface area contributed by atoms with E-state index in [0.717, 1.165) is 35.1 Å². The van der Waals surface area contributed by atoms with Gasteiger partial charge < -0.3 is 24.8 Å². The van der Waals surface area contributed by atoms with Gasteiger partial charge in [0.15, 0.2) is 17.5 Å². The van der Waals surface area contributed by atoms with Gasteiger partial charge in [-0.25, -0.2) is 4.99 Å². The molecule has 2 aromatic rings. The normalized spacial score (nSPS) is 10.7. The number of hydrogen-bond acceptors (Lipinski definition) is 4. The van der Waals surface area contributed by atoms with Crippen molar-refractivity contribution in [1.29, 1.82) is 0 Å². The second-order valence-electron chi connectivity index (χ2n) is 5.99. The van der Waals surface area contributed by atoms with Gasteiger partial charge in [0.2, 0.25) is 5.75 Å². The van der Waals surface area contributed by atoms with Gasteiger partial charge in [-0.3, -0.25) is 0 Å². The van der Waals surface area contributed by atoms with E-state index in [9.17, 15) is 0 Å². The monoisotopic (exact) mass is 533 g/mol. The van der Waals surface area contributed by atoms with E-state index in [-0.39, 0.29) is 24.0 Å².